The summed E-state index contributed by atoms with van der Waals surface area (Å²) < 4.78 is 0. The van der Waals surface area contributed by atoms with Crippen molar-refractivity contribution in [1.29, 1.82) is 0 Å². The zero-order valence-electron chi connectivity index (χ0n) is 12.0. The molecule has 1 aromatic rings. The molecule has 2 heterocycles. The second-order valence-corrected chi connectivity index (χ2v) is 5.17. The van der Waals surface area contributed by atoms with Crippen molar-refractivity contribution in [2.24, 2.45) is 0 Å². The van der Waals surface area contributed by atoms with Gasteiger partial charge in [0.15, 0.2) is 0 Å². The number of aromatic nitrogens is 2. The molecule has 3 N–H and O–H groups in total. The zero-order valence-corrected chi connectivity index (χ0v) is 12.0. The molecular weight excluding hydrogens is 238 g/mol. The van der Waals surface area contributed by atoms with Crippen LogP contribution in [0.4, 0.5) is 11.8 Å². The molecule has 1 saturated heterocycles. The molecule has 1 aliphatic rings. The first-order valence-electron chi connectivity index (χ1n) is 7.34. The van der Waals surface area contributed by atoms with Crippen LogP contribution in [0.5, 0.6) is 0 Å². The molecule has 1 aromatic heterocycles. The lowest BCUT2D eigenvalue weighted by Crippen LogP contribution is -2.46. The van der Waals surface area contributed by atoms with Crippen LogP contribution in [0.25, 0.3) is 0 Å². The van der Waals surface area contributed by atoms with Crippen LogP contribution >= 0.6 is 0 Å². The van der Waals surface area contributed by atoms with E-state index in [9.17, 15) is 0 Å². The van der Waals surface area contributed by atoms with Crippen molar-refractivity contribution in [3.63, 3.8) is 0 Å². The predicted octanol–water partition coefficient (Wildman–Crippen LogP) is 1.59. The van der Waals surface area contributed by atoms with E-state index in [1.54, 1.807) is 0 Å². The summed E-state index contributed by atoms with van der Waals surface area (Å²) in [4.78, 5) is 11.0. The van der Waals surface area contributed by atoms with Gasteiger partial charge in [0.05, 0.1) is 0 Å². The molecule has 2 rings (SSSR count). The summed E-state index contributed by atoms with van der Waals surface area (Å²) in [5, 5.41) is 3.52. The van der Waals surface area contributed by atoms with E-state index in [0.717, 1.165) is 44.0 Å². The third kappa shape index (κ3) is 3.80. The fourth-order valence-corrected chi connectivity index (χ4v) is 2.69. The van der Waals surface area contributed by atoms with E-state index in [-0.39, 0.29) is 0 Å². The second kappa shape index (κ2) is 6.70. The second-order valence-electron chi connectivity index (χ2n) is 5.17. The minimum Gasteiger partial charge on any atom is -0.368 e. The Morgan fingerprint density at radius 1 is 1.42 bits per heavy atom. The standard InChI is InChI=1S/C14H25N5/c1-3-6-11-9-13(18-14(15)17-11)19-8-5-7-12(10-19)16-4-2/h9,12,16H,3-8,10H2,1-2H3,(H2,15,17,18). The van der Waals surface area contributed by atoms with Gasteiger partial charge in [0, 0.05) is 30.9 Å². The largest absolute Gasteiger partial charge is 0.368 e. The molecule has 5 nitrogen and oxygen atoms in total. The quantitative estimate of drug-likeness (QED) is 0.844. The smallest absolute Gasteiger partial charge is 0.222 e. The number of rotatable bonds is 5. The van der Waals surface area contributed by atoms with Gasteiger partial charge in [-0.25, -0.2) is 4.98 Å². The molecule has 0 radical (unpaired) electrons. The molecule has 106 valence electrons. The van der Waals surface area contributed by atoms with Crippen LogP contribution in [0, 0.1) is 0 Å². The van der Waals surface area contributed by atoms with E-state index in [4.69, 9.17) is 5.73 Å². The van der Waals surface area contributed by atoms with Crippen LogP contribution in [0.3, 0.4) is 0 Å². The Bertz CT molecular complexity index is 405. The minimum absolute atomic E-state index is 0.395. The molecule has 1 atom stereocenters. The van der Waals surface area contributed by atoms with Crippen molar-refractivity contribution < 1.29 is 0 Å². The number of likely N-dealkylation sites (N-methyl/N-ethyl adjacent to an activating group) is 1. The molecule has 1 fully saturated rings. The lowest BCUT2D eigenvalue weighted by Gasteiger charge is -2.34. The van der Waals surface area contributed by atoms with Crippen LogP contribution in [0.2, 0.25) is 0 Å². The Kier molecular flexibility index (Phi) is 4.96. The van der Waals surface area contributed by atoms with E-state index in [0.29, 0.717) is 12.0 Å². The number of nitrogens with zero attached hydrogens (tertiary/aromatic N) is 3. The molecule has 1 aliphatic heterocycles. The molecule has 1 unspecified atom stereocenters. The number of hydrogen-bond acceptors (Lipinski definition) is 5. The van der Waals surface area contributed by atoms with Crippen molar-refractivity contribution >= 4 is 11.8 Å². The monoisotopic (exact) mass is 263 g/mol. The molecule has 0 aliphatic carbocycles. The highest BCUT2D eigenvalue weighted by Gasteiger charge is 2.20. The third-order valence-electron chi connectivity index (χ3n) is 3.53. The van der Waals surface area contributed by atoms with Gasteiger partial charge in [-0.15, -0.1) is 0 Å². The summed E-state index contributed by atoms with van der Waals surface area (Å²) in [5.41, 5.74) is 6.88. The van der Waals surface area contributed by atoms with Crippen molar-refractivity contribution in [2.45, 2.75) is 45.6 Å². The fourth-order valence-electron chi connectivity index (χ4n) is 2.69. The summed E-state index contributed by atoms with van der Waals surface area (Å²) in [6, 6.07) is 2.65. The minimum atomic E-state index is 0.395. The number of nitrogens with one attached hydrogen (secondary N) is 1. The van der Waals surface area contributed by atoms with Crippen LogP contribution in [0.1, 0.15) is 38.8 Å². The van der Waals surface area contributed by atoms with Gasteiger partial charge in [0.1, 0.15) is 5.82 Å². The van der Waals surface area contributed by atoms with E-state index in [1.807, 2.05) is 0 Å². The molecule has 0 bridgehead atoms. The van der Waals surface area contributed by atoms with Gasteiger partial charge < -0.3 is 16.0 Å². The first-order chi connectivity index (χ1) is 9.22. The van der Waals surface area contributed by atoms with Gasteiger partial charge >= 0.3 is 0 Å². The Hall–Kier alpha value is -1.36. The first kappa shape index (κ1) is 14.1. The molecule has 5 heteroatoms. The lowest BCUT2D eigenvalue weighted by molar-refractivity contribution is 0.429. The highest BCUT2D eigenvalue weighted by molar-refractivity contribution is 5.44. The molecule has 0 amide bonds. The lowest BCUT2D eigenvalue weighted by atomic mass is 10.1. The van der Waals surface area contributed by atoms with Gasteiger partial charge in [-0.1, -0.05) is 20.3 Å². The van der Waals surface area contributed by atoms with Crippen molar-refractivity contribution in [2.75, 3.05) is 30.3 Å². The number of hydrogen-bond donors (Lipinski definition) is 2. The summed E-state index contributed by atoms with van der Waals surface area (Å²) in [5.74, 6) is 1.38. The molecule has 0 spiro atoms. The molecular formula is C14H25N5. The fraction of sp³-hybridized carbons (Fsp3) is 0.714. The summed E-state index contributed by atoms with van der Waals surface area (Å²) in [7, 11) is 0. The van der Waals surface area contributed by atoms with Gasteiger partial charge in [0.25, 0.3) is 0 Å². The van der Waals surface area contributed by atoms with Gasteiger partial charge in [-0.05, 0) is 25.8 Å². The Morgan fingerprint density at radius 3 is 3.00 bits per heavy atom. The normalized spacial score (nSPS) is 19.7. The van der Waals surface area contributed by atoms with Crippen LogP contribution in [-0.4, -0.2) is 35.6 Å². The maximum atomic E-state index is 5.83. The Balaban J connectivity index is 2.11. The highest BCUT2D eigenvalue weighted by Crippen LogP contribution is 2.20. The predicted molar refractivity (Wildman–Crippen MR) is 79.4 cm³/mol. The number of nitrogens with two attached hydrogens (primary N) is 1. The van der Waals surface area contributed by atoms with E-state index in [1.165, 1.54) is 12.8 Å². The topological polar surface area (TPSA) is 67.1 Å². The highest BCUT2D eigenvalue weighted by atomic mass is 15.2. The maximum Gasteiger partial charge on any atom is 0.222 e. The van der Waals surface area contributed by atoms with Crippen molar-refractivity contribution in [1.82, 2.24) is 15.3 Å². The molecule has 19 heavy (non-hydrogen) atoms. The van der Waals surface area contributed by atoms with Gasteiger partial charge in [-0.3, -0.25) is 0 Å². The Morgan fingerprint density at radius 2 is 2.26 bits per heavy atom. The van der Waals surface area contributed by atoms with Gasteiger partial charge in [0.2, 0.25) is 5.95 Å². The third-order valence-corrected chi connectivity index (χ3v) is 3.53. The van der Waals surface area contributed by atoms with Crippen LogP contribution in [-0.2, 0) is 6.42 Å². The number of anilines is 2. The summed E-state index contributed by atoms with van der Waals surface area (Å²) >= 11 is 0. The van der Waals surface area contributed by atoms with Crippen LogP contribution in [0.15, 0.2) is 6.07 Å². The number of nitrogen functional groups attached to an aromatic ring is 1. The Labute approximate surface area is 115 Å². The average Bonchev–Trinajstić information content (AvgIpc) is 2.39. The first-order valence-corrected chi connectivity index (χ1v) is 7.34. The van der Waals surface area contributed by atoms with E-state index in [2.05, 4.69) is 40.1 Å². The number of aryl methyl sites for hydroxylation is 1. The van der Waals surface area contributed by atoms with Crippen molar-refractivity contribution in [3.05, 3.63) is 11.8 Å². The number of piperidine rings is 1. The van der Waals surface area contributed by atoms with Gasteiger partial charge in [-0.2, -0.15) is 4.98 Å². The van der Waals surface area contributed by atoms with Crippen molar-refractivity contribution in [3.8, 4) is 0 Å². The average molecular weight is 263 g/mol. The molecule has 0 saturated carbocycles. The zero-order chi connectivity index (χ0) is 13.7. The van der Waals surface area contributed by atoms with E-state index >= 15 is 0 Å². The molecule has 0 aromatic carbocycles. The van der Waals surface area contributed by atoms with E-state index < -0.39 is 0 Å². The maximum absolute atomic E-state index is 5.83. The summed E-state index contributed by atoms with van der Waals surface area (Å²) in [6.07, 6.45) is 4.48. The van der Waals surface area contributed by atoms with Crippen LogP contribution < -0.4 is 16.0 Å². The SMILES string of the molecule is CCCc1cc(N2CCCC(NCC)C2)nc(N)n1. The summed E-state index contributed by atoms with van der Waals surface area (Å²) in [6.45, 7) is 7.40.